The van der Waals surface area contributed by atoms with Gasteiger partial charge in [0.15, 0.2) is 5.96 Å². The third kappa shape index (κ3) is 8.37. The lowest BCUT2D eigenvalue weighted by atomic mass is 10.3. The predicted octanol–water partition coefficient (Wildman–Crippen LogP) is 1.76. The molecular formula is C17H27IN4O2. The maximum Gasteiger partial charge on any atom is 0.223 e. The standard InChI is InChI=1S/C17H26N4O2.HI/c1-18-17(21-12-11-19-16(22)14-8-9-14)20-10-5-13-23-15-6-3-2-4-7-15;/h2-4,6-7,14H,5,8-13H2,1H3,(H,19,22)(H2,18,20,21);1H. The highest BCUT2D eigenvalue weighted by atomic mass is 127. The van der Waals surface area contributed by atoms with Crippen LogP contribution in [-0.4, -0.2) is 45.2 Å². The highest BCUT2D eigenvalue weighted by Crippen LogP contribution is 2.28. The number of nitrogens with one attached hydrogen (secondary N) is 3. The van der Waals surface area contributed by atoms with E-state index in [-0.39, 0.29) is 35.8 Å². The predicted molar refractivity (Wildman–Crippen MR) is 107 cm³/mol. The second-order valence-electron chi connectivity index (χ2n) is 5.51. The largest absolute Gasteiger partial charge is 0.494 e. The molecule has 1 aromatic carbocycles. The van der Waals surface area contributed by atoms with Crippen LogP contribution in [0.3, 0.4) is 0 Å². The van der Waals surface area contributed by atoms with Gasteiger partial charge in [-0.05, 0) is 31.4 Å². The number of ether oxygens (including phenoxy) is 1. The molecule has 134 valence electrons. The topological polar surface area (TPSA) is 74.8 Å². The number of benzene rings is 1. The molecule has 3 N–H and O–H groups in total. The Balaban J connectivity index is 0.00000288. The van der Waals surface area contributed by atoms with Crippen molar-refractivity contribution in [3.05, 3.63) is 30.3 Å². The fourth-order valence-electron chi connectivity index (χ4n) is 2.06. The molecule has 1 aromatic rings. The van der Waals surface area contributed by atoms with E-state index in [1.807, 2.05) is 30.3 Å². The molecule has 0 aliphatic heterocycles. The van der Waals surface area contributed by atoms with Crippen LogP contribution in [0.1, 0.15) is 19.3 Å². The van der Waals surface area contributed by atoms with Crippen molar-refractivity contribution in [2.24, 2.45) is 10.9 Å². The number of carbonyl (C=O) groups excluding carboxylic acids is 1. The molecule has 7 heteroatoms. The summed E-state index contributed by atoms with van der Waals surface area (Å²) in [5.74, 6) is 2.07. The number of hydrogen-bond acceptors (Lipinski definition) is 3. The number of amides is 1. The summed E-state index contributed by atoms with van der Waals surface area (Å²) in [4.78, 5) is 15.6. The zero-order valence-electron chi connectivity index (χ0n) is 14.1. The van der Waals surface area contributed by atoms with Gasteiger partial charge in [-0.15, -0.1) is 24.0 Å². The molecule has 0 aromatic heterocycles. The maximum absolute atomic E-state index is 11.5. The average Bonchev–Trinajstić information content (AvgIpc) is 3.42. The van der Waals surface area contributed by atoms with Gasteiger partial charge in [0.25, 0.3) is 0 Å². The molecule has 0 atom stereocenters. The van der Waals surface area contributed by atoms with E-state index in [9.17, 15) is 4.79 Å². The summed E-state index contributed by atoms with van der Waals surface area (Å²) in [5.41, 5.74) is 0. The molecule has 6 nitrogen and oxygen atoms in total. The SMILES string of the molecule is CN=C(NCCCOc1ccccc1)NCCNC(=O)C1CC1.I. The van der Waals surface area contributed by atoms with Gasteiger partial charge < -0.3 is 20.7 Å². The van der Waals surface area contributed by atoms with Crippen molar-refractivity contribution in [3.8, 4) is 5.75 Å². The molecule has 1 saturated carbocycles. The zero-order valence-corrected chi connectivity index (χ0v) is 16.4. The van der Waals surface area contributed by atoms with E-state index in [0.717, 1.165) is 37.5 Å². The van der Waals surface area contributed by atoms with Crippen LogP contribution in [0.5, 0.6) is 5.75 Å². The van der Waals surface area contributed by atoms with Gasteiger partial charge in [-0.2, -0.15) is 0 Å². The minimum Gasteiger partial charge on any atom is -0.494 e. The summed E-state index contributed by atoms with van der Waals surface area (Å²) >= 11 is 0. The molecular weight excluding hydrogens is 419 g/mol. The molecule has 24 heavy (non-hydrogen) atoms. The first kappa shape index (κ1) is 20.5. The minimum atomic E-state index is 0. The van der Waals surface area contributed by atoms with Crippen molar-refractivity contribution in [1.82, 2.24) is 16.0 Å². The van der Waals surface area contributed by atoms with Gasteiger partial charge >= 0.3 is 0 Å². The average molecular weight is 446 g/mol. The number of aliphatic imine (C=N–C) groups is 1. The van der Waals surface area contributed by atoms with Crippen molar-refractivity contribution in [1.29, 1.82) is 0 Å². The van der Waals surface area contributed by atoms with Crippen LogP contribution in [-0.2, 0) is 4.79 Å². The normalized spacial score (nSPS) is 13.6. The minimum absolute atomic E-state index is 0. The Morgan fingerprint density at radius 2 is 1.79 bits per heavy atom. The van der Waals surface area contributed by atoms with E-state index in [1.54, 1.807) is 7.05 Å². The van der Waals surface area contributed by atoms with E-state index < -0.39 is 0 Å². The second-order valence-corrected chi connectivity index (χ2v) is 5.51. The van der Waals surface area contributed by atoms with Gasteiger partial charge in [0.1, 0.15) is 5.75 Å². The van der Waals surface area contributed by atoms with E-state index in [2.05, 4.69) is 20.9 Å². The first-order chi connectivity index (χ1) is 11.3. The van der Waals surface area contributed by atoms with E-state index >= 15 is 0 Å². The number of guanidine groups is 1. The van der Waals surface area contributed by atoms with Gasteiger partial charge in [-0.25, -0.2) is 0 Å². The summed E-state index contributed by atoms with van der Waals surface area (Å²) in [5, 5.41) is 9.32. The van der Waals surface area contributed by atoms with Crippen LogP contribution in [0, 0.1) is 5.92 Å². The molecule has 0 unspecified atom stereocenters. The van der Waals surface area contributed by atoms with Gasteiger partial charge in [0.2, 0.25) is 5.91 Å². The number of hydrogen-bond donors (Lipinski definition) is 3. The van der Waals surface area contributed by atoms with E-state index in [4.69, 9.17) is 4.74 Å². The summed E-state index contributed by atoms with van der Waals surface area (Å²) < 4.78 is 5.63. The third-order valence-electron chi connectivity index (χ3n) is 3.51. The van der Waals surface area contributed by atoms with Crippen LogP contribution in [0.15, 0.2) is 35.3 Å². The Bertz CT molecular complexity index is 507. The van der Waals surface area contributed by atoms with Crippen molar-refractivity contribution in [2.45, 2.75) is 19.3 Å². The molecule has 1 amide bonds. The fourth-order valence-corrected chi connectivity index (χ4v) is 2.06. The maximum atomic E-state index is 11.5. The smallest absolute Gasteiger partial charge is 0.223 e. The molecule has 0 heterocycles. The van der Waals surface area contributed by atoms with Crippen molar-refractivity contribution in [3.63, 3.8) is 0 Å². The molecule has 0 radical (unpaired) electrons. The Labute approximate surface area is 160 Å². The third-order valence-corrected chi connectivity index (χ3v) is 3.51. The molecule has 0 spiro atoms. The van der Waals surface area contributed by atoms with Crippen molar-refractivity contribution in [2.75, 3.05) is 33.3 Å². The second kappa shape index (κ2) is 11.9. The molecule has 1 aliphatic carbocycles. The van der Waals surface area contributed by atoms with Crippen LogP contribution in [0.25, 0.3) is 0 Å². The summed E-state index contributed by atoms with van der Waals surface area (Å²) in [6.07, 6.45) is 2.95. The molecule has 1 fully saturated rings. The van der Waals surface area contributed by atoms with Crippen LogP contribution in [0.2, 0.25) is 0 Å². The Hall–Kier alpha value is -1.51. The number of nitrogens with zero attached hydrogens (tertiary/aromatic N) is 1. The van der Waals surface area contributed by atoms with Crippen LogP contribution in [0.4, 0.5) is 0 Å². The van der Waals surface area contributed by atoms with Gasteiger partial charge in [0, 0.05) is 32.6 Å². The lowest BCUT2D eigenvalue weighted by molar-refractivity contribution is -0.122. The highest BCUT2D eigenvalue weighted by Gasteiger charge is 2.28. The summed E-state index contributed by atoms with van der Waals surface area (Å²) in [6, 6.07) is 9.79. The number of halogens is 1. The Morgan fingerprint density at radius 3 is 2.46 bits per heavy atom. The summed E-state index contributed by atoms with van der Waals surface area (Å²) in [7, 11) is 1.73. The molecule has 1 aliphatic rings. The molecule has 0 saturated heterocycles. The van der Waals surface area contributed by atoms with Gasteiger partial charge in [0.05, 0.1) is 6.61 Å². The van der Waals surface area contributed by atoms with Crippen LogP contribution < -0.4 is 20.7 Å². The van der Waals surface area contributed by atoms with Gasteiger partial charge in [-0.1, -0.05) is 18.2 Å². The number of rotatable bonds is 9. The fraction of sp³-hybridized carbons (Fsp3) is 0.529. The monoisotopic (exact) mass is 446 g/mol. The zero-order chi connectivity index (χ0) is 16.3. The lowest BCUT2D eigenvalue weighted by Gasteiger charge is -2.12. The lowest BCUT2D eigenvalue weighted by Crippen LogP contribution is -2.42. The Kier molecular flexibility index (Phi) is 10.2. The highest BCUT2D eigenvalue weighted by molar-refractivity contribution is 14.0. The first-order valence-electron chi connectivity index (χ1n) is 8.19. The summed E-state index contributed by atoms with van der Waals surface area (Å²) in [6.45, 7) is 2.72. The van der Waals surface area contributed by atoms with Crippen LogP contribution >= 0.6 is 24.0 Å². The first-order valence-corrected chi connectivity index (χ1v) is 8.19. The quantitative estimate of drug-likeness (QED) is 0.234. The number of carbonyl (C=O) groups is 1. The van der Waals surface area contributed by atoms with Crippen molar-refractivity contribution < 1.29 is 9.53 Å². The van der Waals surface area contributed by atoms with Gasteiger partial charge in [-0.3, -0.25) is 9.79 Å². The number of para-hydroxylation sites is 1. The Morgan fingerprint density at radius 1 is 1.12 bits per heavy atom. The molecule has 0 bridgehead atoms. The van der Waals surface area contributed by atoms with E-state index in [1.165, 1.54) is 0 Å². The van der Waals surface area contributed by atoms with Crippen molar-refractivity contribution >= 4 is 35.8 Å². The van der Waals surface area contributed by atoms with E-state index in [0.29, 0.717) is 19.7 Å². The molecule has 2 rings (SSSR count).